The highest BCUT2D eigenvalue weighted by Gasteiger charge is 2.28. The number of hydrogen-bond acceptors (Lipinski definition) is 4. The van der Waals surface area contributed by atoms with Crippen molar-refractivity contribution in [2.24, 2.45) is 5.92 Å². The van der Waals surface area contributed by atoms with Crippen molar-refractivity contribution in [3.05, 3.63) is 60.6 Å². The molecule has 1 saturated heterocycles. The van der Waals surface area contributed by atoms with Crippen LogP contribution in [0.3, 0.4) is 0 Å². The number of hydrogen-bond donors (Lipinski definition) is 2. The Kier molecular flexibility index (Phi) is 6.82. The Bertz CT molecular complexity index is 985. The minimum absolute atomic E-state index is 0.0110. The average Bonchev–Trinajstić information content (AvgIpc) is 3.43. The average molecular weight is 421 g/mol. The molecule has 1 unspecified atom stereocenters. The van der Waals surface area contributed by atoms with Crippen LogP contribution in [0.4, 0.5) is 10.5 Å². The Balaban J connectivity index is 1.11. The SMILES string of the molecule is O=C(NCCCCCC1CCN(C(=O)c2cc3ccccc3o2)C1)Nc1ccncc1. The normalized spacial score (nSPS) is 15.9. The highest BCUT2D eigenvalue weighted by molar-refractivity contribution is 5.96. The molecule has 0 spiro atoms. The molecule has 0 bridgehead atoms. The zero-order valence-corrected chi connectivity index (χ0v) is 17.5. The first-order chi connectivity index (χ1) is 15.2. The summed E-state index contributed by atoms with van der Waals surface area (Å²) in [5.41, 5.74) is 1.49. The van der Waals surface area contributed by atoms with Crippen molar-refractivity contribution in [1.29, 1.82) is 0 Å². The number of carbonyl (C=O) groups excluding carboxylic acids is 2. The smallest absolute Gasteiger partial charge is 0.319 e. The van der Waals surface area contributed by atoms with Crippen LogP contribution in [0.1, 0.15) is 42.7 Å². The van der Waals surface area contributed by atoms with E-state index in [-0.39, 0.29) is 11.9 Å². The van der Waals surface area contributed by atoms with Crippen LogP contribution < -0.4 is 10.6 Å². The maximum Gasteiger partial charge on any atom is 0.319 e. The summed E-state index contributed by atoms with van der Waals surface area (Å²) in [5.74, 6) is 0.956. The van der Waals surface area contributed by atoms with Gasteiger partial charge in [0.05, 0.1) is 0 Å². The Morgan fingerprint density at radius 1 is 1.10 bits per heavy atom. The number of urea groups is 1. The van der Waals surface area contributed by atoms with Gasteiger partial charge in [-0.15, -0.1) is 0 Å². The van der Waals surface area contributed by atoms with E-state index in [9.17, 15) is 9.59 Å². The molecule has 162 valence electrons. The summed E-state index contributed by atoms with van der Waals surface area (Å²) in [6, 6.07) is 12.9. The Labute approximate surface area is 181 Å². The number of unbranched alkanes of at least 4 members (excludes halogenated alkanes) is 2. The molecular weight excluding hydrogens is 392 g/mol. The first-order valence-electron chi connectivity index (χ1n) is 10.9. The lowest BCUT2D eigenvalue weighted by Crippen LogP contribution is -2.29. The van der Waals surface area contributed by atoms with Gasteiger partial charge in [-0.2, -0.15) is 0 Å². The van der Waals surface area contributed by atoms with Crippen LogP contribution in [0.25, 0.3) is 11.0 Å². The number of benzene rings is 1. The van der Waals surface area contributed by atoms with Crippen LogP contribution in [0.15, 0.2) is 59.3 Å². The molecule has 1 aliphatic heterocycles. The second-order valence-electron chi connectivity index (χ2n) is 8.02. The zero-order chi connectivity index (χ0) is 21.5. The Morgan fingerprint density at radius 2 is 1.94 bits per heavy atom. The third-order valence-corrected chi connectivity index (χ3v) is 5.72. The van der Waals surface area contributed by atoms with Gasteiger partial charge >= 0.3 is 6.03 Å². The molecule has 7 nitrogen and oxygen atoms in total. The van der Waals surface area contributed by atoms with Crippen molar-refractivity contribution in [2.45, 2.75) is 32.1 Å². The molecule has 2 N–H and O–H groups in total. The number of nitrogens with zero attached hydrogens (tertiary/aromatic N) is 2. The molecule has 3 heterocycles. The van der Waals surface area contributed by atoms with E-state index in [1.165, 1.54) is 0 Å². The van der Waals surface area contributed by atoms with Crippen LogP contribution in [-0.2, 0) is 0 Å². The zero-order valence-electron chi connectivity index (χ0n) is 17.5. The fourth-order valence-electron chi connectivity index (χ4n) is 4.04. The van der Waals surface area contributed by atoms with Gasteiger partial charge in [-0.1, -0.05) is 31.0 Å². The van der Waals surface area contributed by atoms with Gasteiger partial charge in [-0.3, -0.25) is 9.78 Å². The summed E-state index contributed by atoms with van der Waals surface area (Å²) in [4.78, 5) is 30.4. The lowest BCUT2D eigenvalue weighted by atomic mass is 10.0. The monoisotopic (exact) mass is 420 g/mol. The maximum absolute atomic E-state index is 12.8. The van der Waals surface area contributed by atoms with E-state index in [1.54, 1.807) is 24.5 Å². The Morgan fingerprint density at radius 3 is 2.77 bits per heavy atom. The van der Waals surface area contributed by atoms with E-state index in [0.29, 0.717) is 18.2 Å². The lowest BCUT2D eigenvalue weighted by molar-refractivity contribution is 0.0757. The number of nitrogens with one attached hydrogen (secondary N) is 2. The number of para-hydroxylation sites is 1. The summed E-state index contributed by atoms with van der Waals surface area (Å²) in [5, 5.41) is 6.62. The van der Waals surface area contributed by atoms with E-state index < -0.39 is 0 Å². The van der Waals surface area contributed by atoms with Crippen LogP contribution in [0.5, 0.6) is 0 Å². The maximum atomic E-state index is 12.8. The number of amides is 3. The molecule has 4 rings (SSSR count). The number of fused-ring (bicyclic) bond motifs is 1. The number of rotatable bonds is 8. The van der Waals surface area contributed by atoms with Crippen LogP contribution in [0, 0.1) is 5.92 Å². The van der Waals surface area contributed by atoms with Crippen LogP contribution in [-0.4, -0.2) is 41.5 Å². The molecule has 3 amide bonds. The molecule has 2 aromatic heterocycles. The summed E-state index contributed by atoms with van der Waals surface area (Å²) in [6.07, 6.45) is 8.53. The van der Waals surface area contributed by atoms with Crippen molar-refractivity contribution in [3.63, 3.8) is 0 Å². The molecule has 0 saturated carbocycles. The summed E-state index contributed by atoms with van der Waals surface area (Å²) < 4.78 is 5.73. The molecule has 1 aromatic carbocycles. The number of aromatic nitrogens is 1. The third kappa shape index (κ3) is 5.63. The van der Waals surface area contributed by atoms with Crippen molar-refractivity contribution < 1.29 is 14.0 Å². The molecule has 7 heteroatoms. The molecular formula is C24H28N4O3. The third-order valence-electron chi connectivity index (χ3n) is 5.72. The van der Waals surface area contributed by atoms with Gasteiger partial charge in [-0.05, 0) is 49.4 Å². The van der Waals surface area contributed by atoms with Gasteiger partial charge < -0.3 is 20.0 Å². The number of carbonyl (C=O) groups is 2. The van der Waals surface area contributed by atoms with E-state index in [2.05, 4.69) is 15.6 Å². The quantitative estimate of drug-likeness (QED) is 0.518. The predicted molar refractivity (Wildman–Crippen MR) is 120 cm³/mol. The summed E-state index contributed by atoms with van der Waals surface area (Å²) in [6.45, 7) is 2.23. The van der Waals surface area contributed by atoms with Crippen molar-refractivity contribution in [1.82, 2.24) is 15.2 Å². The fraction of sp³-hybridized carbons (Fsp3) is 0.375. The van der Waals surface area contributed by atoms with E-state index in [0.717, 1.165) is 61.9 Å². The second kappa shape index (κ2) is 10.1. The second-order valence-corrected chi connectivity index (χ2v) is 8.02. The number of likely N-dealkylation sites (tertiary alicyclic amines) is 1. The minimum atomic E-state index is -0.193. The van der Waals surface area contributed by atoms with Gasteiger partial charge in [0.15, 0.2) is 5.76 Å². The van der Waals surface area contributed by atoms with Gasteiger partial charge in [-0.25, -0.2) is 4.79 Å². The minimum Gasteiger partial charge on any atom is -0.451 e. The lowest BCUT2D eigenvalue weighted by Gasteiger charge is -2.15. The van der Waals surface area contributed by atoms with E-state index in [4.69, 9.17) is 4.42 Å². The Hall–Kier alpha value is -3.35. The number of furan rings is 1. The largest absolute Gasteiger partial charge is 0.451 e. The molecule has 3 aromatic rings. The molecule has 0 radical (unpaired) electrons. The number of anilines is 1. The molecule has 1 fully saturated rings. The van der Waals surface area contributed by atoms with E-state index >= 15 is 0 Å². The number of pyridine rings is 1. The van der Waals surface area contributed by atoms with Gasteiger partial charge in [0.25, 0.3) is 5.91 Å². The first-order valence-corrected chi connectivity index (χ1v) is 10.9. The van der Waals surface area contributed by atoms with Gasteiger partial charge in [0.2, 0.25) is 0 Å². The summed E-state index contributed by atoms with van der Waals surface area (Å²) >= 11 is 0. The van der Waals surface area contributed by atoms with Crippen molar-refractivity contribution in [2.75, 3.05) is 25.0 Å². The highest BCUT2D eigenvalue weighted by Crippen LogP contribution is 2.26. The molecule has 1 atom stereocenters. The van der Waals surface area contributed by atoms with Crippen LogP contribution >= 0.6 is 0 Å². The first kappa shape index (κ1) is 20.9. The van der Waals surface area contributed by atoms with Gasteiger partial charge in [0, 0.05) is 43.1 Å². The van der Waals surface area contributed by atoms with E-state index in [1.807, 2.05) is 35.2 Å². The van der Waals surface area contributed by atoms with Gasteiger partial charge in [0.1, 0.15) is 5.58 Å². The fourth-order valence-corrected chi connectivity index (χ4v) is 4.04. The molecule has 1 aliphatic rings. The molecule has 31 heavy (non-hydrogen) atoms. The topological polar surface area (TPSA) is 87.5 Å². The standard InChI is InChI=1S/C24H28N4O3/c29-23(22-16-19-7-3-4-8-21(19)31-22)28-15-11-18(17-28)6-2-1-5-12-26-24(30)27-20-9-13-25-14-10-20/h3-4,7-10,13-14,16,18H,1-2,5-6,11-12,15,17H2,(H2,25,26,27,30). The van der Waals surface area contributed by atoms with Crippen LogP contribution in [0.2, 0.25) is 0 Å². The highest BCUT2D eigenvalue weighted by atomic mass is 16.3. The summed E-state index contributed by atoms with van der Waals surface area (Å²) in [7, 11) is 0. The van der Waals surface area contributed by atoms with Crippen molar-refractivity contribution in [3.8, 4) is 0 Å². The predicted octanol–water partition coefficient (Wildman–Crippen LogP) is 4.67. The molecule has 0 aliphatic carbocycles. The van der Waals surface area contributed by atoms with Crippen molar-refractivity contribution >= 4 is 28.6 Å².